The Morgan fingerprint density at radius 3 is 2.65 bits per heavy atom. The summed E-state index contributed by atoms with van der Waals surface area (Å²) in [4.78, 5) is 16.4. The number of aromatic carboxylic acids is 1. The lowest BCUT2D eigenvalue weighted by molar-refractivity contribution is 0.0689. The van der Waals surface area contributed by atoms with Gasteiger partial charge in [0.05, 0.1) is 10.6 Å². The van der Waals surface area contributed by atoms with E-state index in [0.717, 1.165) is 16.1 Å². The molecule has 0 amide bonds. The van der Waals surface area contributed by atoms with E-state index < -0.39 is 5.97 Å². The maximum Gasteiger partial charge on any atom is 0.354 e. The van der Waals surface area contributed by atoms with Crippen LogP contribution in [0.5, 0.6) is 0 Å². The fraction of sp³-hybridized carbons (Fsp3) is 0.231. The number of hydrogen-bond acceptors (Lipinski definition) is 3. The zero-order valence-electron chi connectivity index (χ0n) is 9.68. The molecule has 0 saturated heterocycles. The van der Waals surface area contributed by atoms with Gasteiger partial charge in [0.25, 0.3) is 0 Å². The van der Waals surface area contributed by atoms with Gasteiger partial charge in [-0.25, -0.2) is 9.78 Å². The predicted octanol–water partition coefficient (Wildman–Crippen LogP) is 3.63. The zero-order chi connectivity index (χ0) is 12.4. The highest BCUT2D eigenvalue weighted by molar-refractivity contribution is 7.13. The first-order chi connectivity index (χ1) is 8.09. The minimum absolute atomic E-state index is 0.158. The number of pyridine rings is 1. The van der Waals surface area contributed by atoms with Crippen molar-refractivity contribution >= 4 is 17.3 Å². The number of carboxylic acid groups (broad SMARTS) is 1. The van der Waals surface area contributed by atoms with Crippen molar-refractivity contribution in [1.82, 2.24) is 4.98 Å². The largest absolute Gasteiger partial charge is 0.477 e. The number of nitrogens with zero attached hydrogens (tertiary/aromatic N) is 1. The quantitative estimate of drug-likeness (QED) is 0.901. The molecule has 88 valence electrons. The highest BCUT2D eigenvalue weighted by Crippen LogP contribution is 2.26. The van der Waals surface area contributed by atoms with Crippen LogP contribution >= 0.6 is 11.3 Å². The first kappa shape index (κ1) is 11.8. The first-order valence-electron chi connectivity index (χ1n) is 5.37. The lowest BCUT2D eigenvalue weighted by atomic mass is 10.0. The Hall–Kier alpha value is -1.68. The van der Waals surface area contributed by atoms with E-state index in [9.17, 15) is 9.90 Å². The van der Waals surface area contributed by atoms with Crippen molar-refractivity contribution < 1.29 is 9.90 Å². The predicted molar refractivity (Wildman–Crippen MR) is 68.6 cm³/mol. The second-order valence-corrected chi connectivity index (χ2v) is 5.02. The van der Waals surface area contributed by atoms with Crippen molar-refractivity contribution in [3.8, 4) is 10.6 Å². The van der Waals surface area contributed by atoms with Gasteiger partial charge in [0.1, 0.15) is 0 Å². The average Bonchev–Trinajstić information content (AvgIpc) is 2.81. The summed E-state index contributed by atoms with van der Waals surface area (Å²) in [5.41, 5.74) is 1.66. The summed E-state index contributed by atoms with van der Waals surface area (Å²) >= 11 is 1.56. The normalized spacial score (nSPS) is 10.8. The van der Waals surface area contributed by atoms with Crippen LogP contribution in [0.1, 0.15) is 35.8 Å². The van der Waals surface area contributed by atoms with Gasteiger partial charge in [0, 0.05) is 0 Å². The van der Waals surface area contributed by atoms with Crippen LogP contribution < -0.4 is 0 Å². The molecule has 0 aliphatic heterocycles. The van der Waals surface area contributed by atoms with E-state index in [0.29, 0.717) is 0 Å². The number of aromatic nitrogens is 1. The molecule has 0 atom stereocenters. The summed E-state index contributed by atoms with van der Waals surface area (Å²) in [6.07, 6.45) is 0. The molecule has 0 fully saturated rings. The molecule has 1 N–H and O–H groups in total. The average molecular weight is 247 g/mol. The summed E-state index contributed by atoms with van der Waals surface area (Å²) in [5.74, 6) is -0.807. The molecule has 0 aromatic carbocycles. The minimum atomic E-state index is -0.966. The molecule has 2 rings (SSSR count). The van der Waals surface area contributed by atoms with Gasteiger partial charge in [0.15, 0.2) is 5.69 Å². The molecule has 2 aromatic heterocycles. The number of carbonyl (C=O) groups is 1. The summed E-state index contributed by atoms with van der Waals surface area (Å²) in [5, 5.41) is 11.1. The molecule has 0 aliphatic rings. The second kappa shape index (κ2) is 4.67. The molecular formula is C13H13NO2S. The monoisotopic (exact) mass is 247 g/mol. The van der Waals surface area contributed by atoms with Crippen LogP contribution in [0.4, 0.5) is 0 Å². The van der Waals surface area contributed by atoms with Crippen molar-refractivity contribution in [3.05, 3.63) is 40.9 Å². The van der Waals surface area contributed by atoms with E-state index in [1.165, 1.54) is 0 Å². The van der Waals surface area contributed by atoms with Crippen LogP contribution in [-0.2, 0) is 0 Å². The minimum Gasteiger partial charge on any atom is -0.477 e. The second-order valence-electron chi connectivity index (χ2n) is 4.07. The third-order valence-electron chi connectivity index (χ3n) is 2.52. The Morgan fingerprint density at radius 2 is 2.12 bits per heavy atom. The fourth-order valence-corrected chi connectivity index (χ4v) is 2.36. The third kappa shape index (κ3) is 2.36. The molecule has 3 nitrogen and oxygen atoms in total. The summed E-state index contributed by atoms with van der Waals surface area (Å²) in [6, 6.07) is 7.61. The van der Waals surface area contributed by atoms with Crippen molar-refractivity contribution in [2.45, 2.75) is 19.8 Å². The van der Waals surface area contributed by atoms with Crippen LogP contribution in [0.3, 0.4) is 0 Å². The molecule has 2 heterocycles. The van der Waals surface area contributed by atoms with Crippen LogP contribution in [0.15, 0.2) is 29.6 Å². The van der Waals surface area contributed by atoms with Gasteiger partial charge in [0.2, 0.25) is 0 Å². The van der Waals surface area contributed by atoms with Crippen molar-refractivity contribution in [2.24, 2.45) is 0 Å². The van der Waals surface area contributed by atoms with Gasteiger partial charge in [-0.15, -0.1) is 11.3 Å². The number of rotatable bonds is 3. The van der Waals surface area contributed by atoms with E-state index >= 15 is 0 Å². The lowest BCUT2D eigenvalue weighted by Gasteiger charge is -2.09. The van der Waals surface area contributed by atoms with Gasteiger partial charge in [-0.05, 0) is 29.0 Å². The van der Waals surface area contributed by atoms with Gasteiger partial charge in [-0.2, -0.15) is 0 Å². The summed E-state index contributed by atoms with van der Waals surface area (Å²) in [6.45, 7) is 3.93. The van der Waals surface area contributed by atoms with E-state index in [-0.39, 0.29) is 11.6 Å². The molecule has 17 heavy (non-hydrogen) atoms. The molecule has 0 unspecified atom stereocenters. The van der Waals surface area contributed by atoms with E-state index in [2.05, 4.69) is 4.98 Å². The Morgan fingerprint density at radius 1 is 1.35 bits per heavy atom. The van der Waals surface area contributed by atoms with Gasteiger partial charge >= 0.3 is 5.97 Å². The van der Waals surface area contributed by atoms with Crippen LogP contribution in [0.2, 0.25) is 0 Å². The highest BCUT2D eigenvalue weighted by Gasteiger charge is 2.16. The highest BCUT2D eigenvalue weighted by atomic mass is 32.1. The third-order valence-corrected chi connectivity index (χ3v) is 3.42. The lowest BCUT2D eigenvalue weighted by Crippen LogP contribution is -2.07. The van der Waals surface area contributed by atoms with E-state index in [1.807, 2.05) is 43.5 Å². The number of hydrogen-bond donors (Lipinski definition) is 1. The van der Waals surface area contributed by atoms with E-state index in [1.54, 1.807) is 11.3 Å². The Kier molecular flexibility index (Phi) is 3.24. The number of carboxylic acids is 1. The molecule has 2 aromatic rings. The molecular weight excluding hydrogens is 234 g/mol. The van der Waals surface area contributed by atoms with Crippen molar-refractivity contribution in [2.75, 3.05) is 0 Å². The van der Waals surface area contributed by atoms with Crippen LogP contribution in [-0.4, -0.2) is 16.1 Å². The van der Waals surface area contributed by atoms with Crippen molar-refractivity contribution in [1.29, 1.82) is 0 Å². The van der Waals surface area contributed by atoms with E-state index in [4.69, 9.17) is 0 Å². The van der Waals surface area contributed by atoms with Crippen LogP contribution in [0, 0.1) is 0 Å². The molecule has 0 radical (unpaired) electrons. The zero-order valence-corrected chi connectivity index (χ0v) is 10.5. The molecule has 0 aliphatic carbocycles. The smallest absolute Gasteiger partial charge is 0.354 e. The molecule has 0 saturated carbocycles. The first-order valence-corrected chi connectivity index (χ1v) is 6.25. The summed E-state index contributed by atoms with van der Waals surface area (Å²) in [7, 11) is 0. The molecule has 4 heteroatoms. The van der Waals surface area contributed by atoms with Gasteiger partial charge < -0.3 is 5.11 Å². The van der Waals surface area contributed by atoms with Gasteiger partial charge in [-0.3, -0.25) is 0 Å². The number of thiophene rings is 1. The molecule has 0 bridgehead atoms. The Balaban J connectivity index is 2.53. The van der Waals surface area contributed by atoms with Crippen molar-refractivity contribution in [3.63, 3.8) is 0 Å². The maximum absolute atomic E-state index is 11.2. The Bertz CT molecular complexity index is 532. The van der Waals surface area contributed by atoms with Crippen LogP contribution in [0.25, 0.3) is 10.6 Å². The van der Waals surface area contributed by atoms with Gasteiger partial charge in [-0.1, -0.05) is 26.0 Å². The molecule has 0 spiro atoms. The maximum atomic E-state index is 11.2. The topological polar surface area (TPSA) is 50.2 Å². The summed E-state index contributed by atoms with van der Waals surface area (Å²) < 4.78 is 0. The standard InChI is InChI=1S/C13H13NO2S/c1-8(2)9-5-6-10(11-4-3-7-17-11)14-12(9)13(15)16/h3-8H,1-2H3,(H,15,16). The SMILES string of the molecule is CC(C)c1ccc(-c2cccs2)nc1C(=O)O. The fourth-order valence-electron chi connectivity index (χ4n) is 1.67. The Labute approximate surface area is 104 Å².